The van der Waals surface area contributed by atoms with Crippen LogP contribution in [-0.2, 0) is 0 Å². The minimum atomic E-state index is -0.322. The van der Waals surface area contributed by atoms with E-state index in [4.69, 9.17) is 4.74 Å². The number of aromatic nitrogens is 4. The van der Waals surface area contributed by atoms with Crippen LogP contribution in [0.1, 0.15) is 21.9 Å². The third-order valence-corrected chi connectivity index (χ3v) is 4.57. The highest BCUT2D eigenvalue weighted by molar-refractivity contribution is 6.03. The SMILES string of the molecule is COc1ccc(-c2c(C)nn3c(C)c(C(=O)Nc4ccccc4)nnc23)cc1. The number of hydrogen-bond acceptors (Lipinski definition) is 5. The van der Waals surface area contributed by atoms with Gasteiger partial charge in [0.05, 0.1) is 24.1 Å². The van der Waals surface area contributed by atoms with Crippen molar-refractivity contribution in [1.29, 1.82) is 0 Å². The smallest absolute Gasteiger partial charge is 0.278 e. The van der Waals surface area contributed by atoms with Crippen molar-refractivity contribution in [2.45, 2.75) is 13.8 Å². The number of anilines is 1. The molecule has 0 aliphatic rings. The highest BCUT2D eigenvalue weighted by Crippen LogP contribution is 2.29. The van der Waals surface area contributed by atoms with E-state index in [-0.39, 0.29) is 11.6 Å². The van der Waals surface area contributed by atoms with Gasteiger partial charge in [-0.1, -0.05) is 30.3 Å². The van der Waals surface area contributed by atoms with Crippen LogP contribution in [0.25, 0.3) is 16.8 Å². The summed E-state index contributed by atoms with van der Waals surface area (Å²) in [5, 5.41) is 15.9. The van der Waals surface area contributed by atoms with E-state index in [1.54, 1.807) is 11.6 Å². The summed E-state index contributed by atoms with van der Waals surface area (Å²) in [4.78, 5) is 12.6. The van der Waals surface area contributed by atoms with Crippen LogP contribution < -0.4 is 10.1 Å². The molecule has 0 aliphatic heterocycles. The third kappa shape index (κ3) is 3.07. The maximum Gasteiger partial charge on any atom is 0.278 e. The fraction of sp³-hybridized carbons (Fsp3) is 0.143. The van der Waals surface area contributed by atoms with Crippen LogP contribution in [0.5, 0.6) is 5.75 Å². The lowest BCUT2D eigenvalue weighted by atomic mass is 10.1. The summed E-state index contributed by atoms with van der Waals surface area (Å²) in [6.45, 7) is 3.73. The second kappa shape index (κ2) is 7.11. The van der Waals surface area contributed by atoms with Gasteiger partial charge in [-0.05, 0) is 43.7 Å². The van der Waals surface area contributed by atoms with Crippen LogP contribution in [0.15, 0.2) is 54.6 Å². The molecule has 4 rings (SSSR count). The number of benzene rings is 2. The number of carbonyl (C=O) groups is 1. The number of para-hydroxylation sites is 1. The average molecular weight is 373 g/mol. The summed E-state index contributed by atoms with van der Waals surface area (Å²) in [5.41, 5.74) is 4.82. The number of amides is 1. The van der Waals surface area contributed by atoms with E-state index >= 15 is 0 Å². The summed E-state index contributed by atoms with van der Waals surface area (Å²) in [6.07, 6.45) is 0. The molecule has 0 unspecified atom stereocenters. The molecule has 4 aromatic rings. The van der Waals surface area contributed by atoms with E-state index < -0.39 is 0 Å². The first-order valence-electron chi connectivity index (χ1n) is 8.82. The summed E-state index contributed by atoms with van der Waals surface area (Å²) in [6, 6.07) is 16.9. The maximum absolute atomic E-state index is 12.6. The number of carbonyl (C=O) groups excluding carboxylic acids is 1. The second-order valence-corrected chi connectivity index (χ2v) is 6.38. The van der Waals surface area contributed by atoms with E-state index in [9.17, 15) is 4.79 Å². The summed E-state index contributed by atoms with van der Waals surface area (Å²) >= 11 is 0. The molecule has 0 saturated heterocycles. The van der Waals surface area contributed by atoms with Crippen LogP contribution in [0.4, 0.5) is 5.69 Å². The van der Waals surface area contributed by atoms with Gasteiger partial charge >= 0.3 is 0 Å². The molecule has 0 aliphatic carbocycles. The zero-order valence-corrected chi connectivity index (χ0v) is 15.8. The lowest BCUT2D eigenvalue weighted by Crippen LogP contribution is -2.18. The van der Waals surface area contributed by atoms with Crippen molar-refractivity contribution >= 4 is 17.2 Å². The third-order valence-electron chi connectivity index (χ3n) is 4.57. The van der Waals surface area contributed by atoms with Crippen LogP contribution in [0.2, 0.25) is 0 Å². The Morgan fingerprint density at radius 1 is 1.00 bits per heavy atom. The van der Waals surface area contributed by atoms with Crippen molar-refractivity contribution in [2.24, 2.45) is 0 Å². The van der Waals surface area contributed by atoms with Gasteiger partial charge in [0.15, 0.2) is 11.3 Å². The van der Waals surface area contributed by atoms with Crippen LogP contribution >= 0.6 is 0 Å². The van der Waals surface area contributed by atoms with Gasteiger partial charge < -0.3 is 10.1 Å². The molecule has 2 aromatic heterocycles. The predicted molar refractivity (Wildman–Crippen MR) is 107 cm³/mol. The molecular formula is C21H19N5O2. The van der Waals surface area contributed by atoms with E-state index in [2.05, 4.69) is 20.6 Å². The minimum Gasteiger partial charge on any atom is -0.497 e. The lowest BCUT2D eigenvalue weighted by Gasteiger charge is -2.08. The quantitative estimate of drug-likeness (QED) is 0.590. The minimum absolute atomic E-state index is 0.236. The molecule has 0 saturated carbocycles. The molecule has 7 heteroatoms. The number of rotatable bonds is 4. The summed E-state index contributed by atoms with van der Waals surface area (Å²) < 4.78 is 6.89. The predicted octanol–water partition coefficient (Wildman–Crippen LogP) is 3.67. The molecule has 0 atom stereocenters. The lowest BCUT2D eigenvalue weighted by molar-refractivity contribution is 0.102. The van der Waals surface area contributed by atoms with Crippen molar-refractivity contribution < 1.29 is 9.53 Å². The maximum atomic E-state index is 12.6. The number of hydrogen-bond donors (Lipinski definition) is 1. The molecule has 2 aromatic carbocycles. The number of methoxy groups -OCH3 is 1. The number of nitrogens with one attached hydrogen (secondary N) is 1. The topological polar surface area (TPSA) is 81.4 Å². The normalized spacial score (nSPS) is 10.8. The molecule has 140 valence electrons. The van der Waals surface area contributed by atoms with Crippen LogP contribution in [0, 0.1) is 13.8 Å². The van der Waals surface area contributed by atoms with Crippen molar-refractivity contribution in [2.75, 3.05) is 12.4 Å². The van der Waals surface area contributed by atoms with Gasteiger partial charge in [-0.3, -0.25) is 4.79 Å². The molecular weight excluding hydrogens is 354 g/mol. The Labute approximate surface area is 162 Å². The Morgan fingerprint density at radius 2 is 1.71 bits per heavy atom. The van der Waals surface area contributed by atoms with Gasteiger partial charge in [0.1, 0.15) is 5.75 Å². The molecule has 1 amide bonds. The summed E-state index contributed by atoms with van der Waals surface area (Å²) in [5.74, 6) is 0.456. The Bertz CT molecular complexity index is 1150. The number of nitrogens with zero attached hydrogens (tertiary/aromatic N) is 4. The molecule has 2 heterocycles. The monoisotopic (exact) mass is 373 g/mol. The molecule has 28 heavy (non-hydrogen) atoms. The first-order chi connectivity index (χ1) is 13.6. The first-order valence-corrected chi connectivity index (χ1v) is 8.82. The summed E-state index contributed by atoms with van der Waals surface area (Å²) in [7, 11) is 1.63. The Kier molecular flexibility index (Phi) is 4.49. The van der Waals surface area contributed by atoms with Gasteiger partial charge in [0, 0.05) is 5.69 Å². The molecule has 0 fully saturated rings. The fourth-order valence-corrected chi connectivity index (χ4v) is 3.13. The second-order valence-electron chi connectivity index (χ2n) is 6.38. The van der Waals surface area contributed by atoms with Gasteiger partial charge in [-0.15, -0.1) is 10.2 Å². The Morgan fingerprint density at radius 3 is 2.39 bits per heavy atom. The standard InChI is InChI=1S/C21H19N5O2/c1-13-18(15-9-11-17(28-3)12-10-15)20-24-23-19(14(2)26(20)25-13)21(27)22-16-7-5-4-6-8-16/h4-12H,1-3H3,(H,22,27). The van der Waals surface area contributed by atoms with E-state index in [1.165, 1.54) is 0 Å². The fourth-order valence-electron chi connectivity index (χ4n) is 3.13. The van der Waals surface area contributed by atoms with E-state index in [1.807, 2.05) is 68.4 Å². The van der Waals surface area contributed by atoms with Gasteiger partial charge in [0.2, 0.25) is 0 Å². The highest BCUT2D eigenvalue weighted by Gasteiger charge is 2.20. The highest BCUT2D eigenvalue weighted by atomic mass is 16.5. The van der Waals surface area contributed by atoms with Gasteiger partial charge in [-0.25, -0.2) is 4.52 Å². The van der Waals surface area contributed by atoms with Crippen LogP contribution in [0.3, 0.4) is 0 Å². The van der Waals surface area contributed by atoms with Crippen LogP contribution in [-0.4, -0.2) is 32.8 Å². The Hall–Kier alpha value is -3.74. The van der Waals surface area contributed by atoms with E-state index in [0.717, 1.165) is 22.6 Å². The number of aryl methyl sites for hydroxylation is 2. The molecule has 1 N–H and O–H groups in total. The van der Waals surface area contributed by atoms with Crippen molar-refractivity contribution in [3.05, 3.63) is 71.7 Å². The number of fused-ring (bicyclic) bond motifs is 1. The molecule has 0 radical (unpaired) electrons. The molecule has 7 nitrogen and oxygen atoms in total. The molecule has 0 spiro atoms. The van der Waals surface area contributed by atoms with E-state index in [0.29, 0.717) is 17.0 Å². The zero-order valence-electron chi connectivity index (χ0n) is 15.8. The first kappa shape index (κ1) is 17.7. The largest absolute Gasteiger partial charge is 0.497 e. The van der Waals surface area contributed by atoms with Crippen molar-refractivity contribution in [3.63, 3.8) is 0 Å². The average Bonchev–Trinajstić information content (AvgIpc) is 3.06. The molecule has 0 bridgehead atoms. The van der Waals surface area contributed by atoms with Crippen molar-refractivity contribution in [1.82, 2.24) is 19.8 Å². The number of ether oxygens (including phenoxy) is 1. The van der Waals surface area contributed by atoms with Crippen molar-refractivity contribution in [3.8, 4) is 16.9 Å². The van der Waals surface area contributed by atoms with Gasteiger partial charge in [-0.2, -0.15) is 5.10 Å². The van der Waals surface area contributed by atoms with Gasteiger partial charge in [0.25, 0.3) is 5.91 Å². The zero-order chi connectivity index (χ0) is 19.7. The Balaban J connectivity index is 1.75.